The molecular formula is C22H42O5. The van der Waals surface area contributed by atoms with Crippen LogP contribution in [-0.2, 0) is 9.47 Å². The van der Waals surface area contributed by atoms with Gasteiger partial charge >= 0.3 is 0 Å². The van der Waals surface area contributed by atoms with Crippen LogP contribution in [0.5, 0.6) is 0 Å². The minimum Gasteiger partial charge on any atom is -0.394 e. The van der Waals surface area contributed by atoms with E-state index in [1.807, 2.05) is 0 Å². The smallest absolute Gasteiger partial charge is 0.111 e. The highest BCUT2D eigenvalue weighted by molar-refractivity contribution is 4.87. The quantitative estimate of drug-likeness (QED) is 0.278. The van der Waals surface area contributed by atoms with Crippen LogP contribution in [0.15, 0.2) is 12.2 Å². The maximum Gasteiger partial charge on any atom is 0.111 e. The number of unbranched alkanes of at least 4 members (excludes halogenated alkanes) is 10. The van der Waals surface area contributed by atoms with E-state index in [1.54, 1.807) is 0 Å². The molecule has 4 atom stereocenters. The lowest BCUT2D eigenvalue weighted by molar-refractivity contribution is -0.208. The minimum absolute atomic E-state index is 0.218. The fourth-order valence-electron chi connectivity index (χ4n) is 3.39. The molecule has 1 heterocycles. The summed E-state index contributed by atoms with van der Waals surface area (Å²) in [6.45, 7) is 2.75. The van der Waals surface area contributed by atoms with E-state index in [9.17, 15) is 10.2 Å². The summed E-state index contributed by atoms with van der Waals surface area (Å²) in [7, 11) is 0. The van der Waals surface area contributed by atoms with Crippen LogP contribution in [0.4, 0.5) is 0 Å². The molecule has 0 spiro atoms. The third-order valence-electron chi connectivity index (χ3n) is 5.25. The SMILES string of the molecule is CCCCCC/C=C/CCCCCCCCO[C@@H]1CO[C@@H](CO)[C@H](O)[C@H]1O. The van der Waals surface area contributed by atoms with Gasteiger partial charge in [-0.3, -0.25) is 0 Å². The van der Waals surface area contributed by atoms with Crippen molar-refractivity contribution in [1.82, 2.24) is 0 Å². The van der Waals surface area contributed by atoms with Crippen LogP contribution in [0, 0.1) is 0 Å². The van der Waals surface area contributed by atoms with Gasteiger partial charge in [-0.2, -0.15) is 0 Å². The van der Waals surface area contributed by atoms with E-state index in [-0.39, 0.29) is 13.2 Å². The number of allylic oxidation sites excluding steroid dienone is 2. The van der Waals surface area contributed by atoms with Crippen LogP contribution >= 0.6 is 0 Å². The summed E-state index contributed by atoms with van der Waals surface area (Å²) in [5.41, 5.74) is 0. The predicted octanol–water partition coefficient (Wildman–Crippen LogP) is 3.74. The van der Waals surface area contributed by atoms with E-state index < -0.39 is 24.4 Å². The average Bonchev–Trinajstić information content (AvgIpc) is 2.68. The topological polar surface area (TPSA) is 79.2 Å². The van der Waals surface area contributed by atoms with Crippen molar-refractivity contribution >= 4 is 0 Å². The molecule has 0 radical (unpaired) electrons. The lowest BCUT2D eigenvalue weighted by Gasteiger charge is -2.36. The van der Waals surface area contributed by atoms with Gasteiger partial charge in [0.05, 0.1) is 13.2 Å². The van der Waals surface area contributed by atoms with Gasteiger partial charge in [0.2, 0.25) is 0 Å². The number of rotatable bonds is 16. The van der Waals surface area contributed by atoms with Crippen LogP contribution in [0.3, 0.4) is 0 Å². The van der Waals surface area contributed by atoms with Crippen molar-refractivity contribution in [2.75, 3.05) is 19.8 Å². The van der Waals surface area contributed by atoms with Crippen molar-refractivity contribution in [3.63, 3.8) is 0 Å². The molecule has 27 heavy (non-hydrogen) atoms. The third kappa shape index (κ3) is 11.2. The number of aliphatic hydroxyl groups excluding tert-OH is 3. The van der Waals surface area contributed by atoms with Gasteiger partial charge in [-0.25, -0.2) is 0 Å². The molecule has 5 heteroatoms. The molecule has 160 valence electrons. The van der Waals surface area contributed by atoms with Gasteiger partial charge < -0.3 is 24.8 Å². The summed E-state index contributed by atoms with van der Waals surface area (Å²) in [4.78, 5) is 0. The first-order chi connectivity index (χ1) is 13.2. The fraction of sp³-hybridized carbons (Fsp3) is 0.909. The molecule has 1 saturated heterocycles. The number of hydrogen-bond donors (Lipinski definition) is 3. The Morgan fingerprint density at radius 2 is 1.44 bits per heavy atom. The lowest BCUT2D eigenvalue weighted by atomic mass is 10.0. The van der Waals surface area contributed by atoms with Crippen molar-refractivity contribution in [2.24, 2.45) is 0 Å². The van der Waals surface area contributed by atoms with Crippen LogP contribution in [0.2, 0.25) is 0 Å². The maximum absolute atomic E-state index is 9.98. The van der Waals surface area contributed by atoms with Gasteiger partial charge in [-0.15, -0.1) is 0 Å². The third-order valence-corrected chi connectivity index (χ3v) is 5.25. The Labute approximate surface area is 165 Å². The summed E-state index contributed by atoms with van der Waals surface area (Å²) in [5.74, 6) is 0. The molecule has 1 fully saturated rings. The van der Waals surface area contributed by atoms with Gasteiger partial charge in [-0.05, 0) is 32.1 Å². The van der Waals surface area contributed by atoms with Crippen molar-refractivity contribution < 1.29 is 24.8 Å². The molecule has 0 unspecified atom stereocenters. The first-order valence-corrected chi connectivity index (χ1v) is 11.1. The van der Waals surface area contributed by atoms with E-state index in [0.717, 1.165) is 12.8 Å². The Balaban J connectivity index is 1.87. The molecule has 0 saturated carbocycles. The summed E-state index contributed by atoms with van der Waals surface area (Å²) in [6.07, 6.45) is 16.3. The molecule has 0 aromatic rings. The average molecular weight is 387 g/mol. The number of hydrogen-bond acceptors (Lipinski definition) is 5. The number of aliphatic hydroxyl groups is 3. The first kappa shape index (κ1) is 24.6. The zero-order valence-electron chi connectivity index (χ0n) is 17.2. The Hall–Kier alpha value is -0.460. The van der Waals surface area contributed by atoms with Gasteiger partial charge in [0.15, 0.2) is 0 Å². The summed E-state index contributed by atoms with van der Waals surface area (Å²) >= 11 is 0. The van der Waals surface area contributed by atoms with E-state index in [4.69, 9.17) is 14.6 Å². The molecule has 3 N–H and O–H groups in total. The van der Waals surface area contributed by atoms with Crippen molar-refractivity contribution in [3.05, 3.63) is 12.2 Å². The second-order valence-electron chi connectivity index (χ2n) is 7.68. The zero-order valence-corrected chi connectivity index (χ0v) is 17.2. The van der Waals surface area contributed by atoms with Crippen LogP contribution in [0.1, 0.15) is 84.0 Å². The second kappa shape index (κ2) is 16.5. The van der Waals surface area contributed by atoms with Crippen LogP contribution in [0.25, 0.3) is 0 Å². The maximum atomic E-state index is 9.98. The largest absolute Gasteiger partial charge is 0.394 e. The first-order valence-electron chi connectivity index (χ1n) is 11.1. The Kier molecular flexibility index (Phi) is 15.0. The summed E-state index contributed by atoms with van der Waals surface area (Å²) in [5, 5.41) is 28.8. The van der Waals surface area contributed by atoms with Gasteiger partial charge in [0, 0.05) is 6.61 Å². The van der Waals surface area contributed by atoms with Gasteiger partial charge in [0.1, 0.15) is 24.4 Å². The molecule has 0 aromatic carbocycles. The van der Waals surface area contributed by atoms with Crippen LogP contribution < -0.4 is 0 Å². The Morgan fingerprint density at radius 1 is 0.852 bits per heavy atom. The van der Waals surface area contributed by atoms with E-state index in [0.29, 0.717) is 6.61 Å². The normalized spacial score (nSPS) is 26.1. The number of ether oxygens (including phenoxy) is 2. The zero-order chi connectivity index (χ0) is 19.7. The molecule has 0 bridgehead atoms. The highest BCUT2D eigenvalue weighted by atomic mass is 16.6. The molecule has 5 nitrogen and oxygen atoms in total. The summed E-state index contributed by atoms with van der Waals surface area (Å²) < 4.78 is 10.9. The summed E-state index contributed by atoms with van der Waals surface area (Å²) in [6, 6.07) is 0. The monoisotopic (exact) mass is 386 g/mol. The lowest BCUT2D eigenvalue weighted by Crippen LogP contribution is -2.55. The fourth-order valence-corrected chi connectivity index (χ4v) is 3.39. The predicted molar refractivity (Wildman–Crippen MR) is 109 cm³/mol. The highest BCUT2D eigenvalue weighted by Gasteiger charge is 2.38. The van der Waals surface area contributed by atoms with Gasteiger partial charge in [0.25, 0.3) is 0 Å². The van der Waals surface area contributed by atoms with E-state index in [1.165, 1.54) is 64.2 Å². The second-order valence-corrected chi connectivity index (χ2v) is 7.68. The highest BCUT2D eigenvalue weighted by Crippen LogP contribution is 2.18. The molecule has 1 aliphatic rings. The molecule has 0 aliphatic carbocycles. The molecule has 1 aliphatic heterocycles. The molecular weight excluding hydrogens is 344 g/mol. The van der Waals surface area contributed by atoms with Crippen molar-refractivity contribution in [3.8, 4) is 0 Å². The van der Waals surface area contributed by atoms with Crippen molar-refractivity contribution in [1.29, 1.82) is 0 Å². The minimum atomic E-state index is -1.08. The van der Waals surface area contributed by atoms with E-state index in [2.05, 4.69) is 19.1 Å². The Morgan fingerprint density at radius 3 is 2.07 bits per heavy atom. The molecule has 1 rings (SSSR count). The van der Waals surface area contributed by atoms with Crippen LogP contribution in [-0.4, -0.2) is 59.6 Å². The van der Waals surface area contributed by atoms with Crippen molar-refractivity contribution in [2.45, 2.75) is 108 Å². The standard InChI is InChI=1S/C22H42O5/c1-2-3-4-5-6-7-8-9-10-11-12-13-14-15-16-26-20-18-27-19(17-23)21(24)22(20)25/h7-8,19-25H,2-6,9-18H2,1H3/b8-7+/t19-,20+,21-,22-/m0/s1. The van der Waals surface area contributed by atoms with Gasteiger partial charge in [-0.1, -0.05) is 64.0 Å². The molecule has 0 aromatic heterocycles. The molecule has 0 amide bonds. The Bertz CT molecular complexity index is 361. The van der Waals surface area contributed by atoms with E-state index >= 15 is 0 Å².